The van der Waals surface area contributed by atoms with Crippen molar-refractivity contribution in [3.05, 3.63) is 20.2 Å². The van der Waals surface area contributed by atoms with Crippen molar-refractivity contribution >= 4 is 11.3 Å². The van der Waals surface area contributed by atoms with Crippen molar-refractivity contribution in [2.75, 3.05) is 6.61 Å². The van der Waals surface area contributed by atoms with E-state index in [0.717, 1.165) is 10.6 Å². The molecule has 0 aliphatic carbocycles. The maximum atomic E-state index is 11.4. The molecule has 1 rings (SSSR count). The highest BCUT2D eigenvalue weighted by atomic mass is 32.1. The normalized spacial score (nSPS) is 13.2. The highest BCUT2D eigenvalue weighted by molar-refractivity contribution is 7.09. The number of aliphatic hydroxyl groups excluding tert-OH is 1. The number of thiazole rings is 1. The van der Waals surface area contributed by atoms with E-state index >= 15 is 0 Å². The van der Waals surface area contributed by atoms with Crippen molar-refractivity contribution in [3.8, 4) is 0 Å². The van der Waals surface area contributed by atoms with Crippen LogP contribution in [0.4, 0.5) is 0 Å². The van der Waals surface area contributed by atoms with E-state index in [4.69, 9.17) is 5.11 Å². The quantitative estimate of drug-likeness (QED) is 0.797. The first-order chi connectivity index (χ1) is 6.06. The van der Waals surface area contributed by atoms with Crippen molar-refractivity contribution in [1.82, 2.24) is 4.57 Å². The second-order valence-corrected chi connectivity index (χ2v) is 4.57. The largest absolute Gasteiger partial charge is 0.396 e. The predicted molar refractivity (Wildman–Crippen MR) is 54.3 cm³/mol. The van der Waals surface area contributed by atoms with Gasteiger partial charge in [0.15, 0.2) is 0 Å². The predicted octanol–water partition coefficient (Wildman–Crippen LogP) is 1.16. The summed E-state index contributed by atoms with van der Waals surface area (Å²) in [6.45, 7) is 6.56. The summed E-state index contributed by atoms with van der Waals surface area (Å²) in [6, 6.07) is 0. The summed E-state index contributed by atoms with van der Waals surface area (Å²) in [6.07, 6.45) is 0. The van der Waals surface area contributed by atoms with E-state index < -0.39 is 0 Å². The zero-order valence-electron chi connectivity index (χ0n) is 8.20. The fourth-order valence-electron chi connectivity index (χ4n) is 1.17. The van der Waals surface area contributed by atoms with E-state index in [2.05, 4.69) is 0 Å². The maximum Gasteiger partial charge on any atom is 0.307 e. The van der Waals surface area contributed by atoms with E-state index in [0.29, 0.717) is 6.54 Å². The number of aromatic nitrogens is 1. The lowest BCUT2D eigenvalue weighted by Crippen LogP contribution is -2.20. The van der Waals surface area contributed by atoms with E-state index in [1.54, 1.807) is 4.57 Å². The number of hydrogen-bond donors (Lipinski definition) is 1. The molecule has 1 aromatic rings. The maximum absolute atomic E-state index is 11.4. The molecule has 13 heavy (non-hydrogen) atoms. The Labute approximate surface area is 81.6 Å². The molecule has 4 heteroatoms. The topological polar surface area (TPSA) is 42.2 Å². The summed E-state index contributed by atoms with van der Waals surface area (Å²) in [4.78, 5) is 12.6. The van der Waals surface area contributed by atoms with Crippen molar-refractivity contribution in [2.24, 2.45) is 5.92 Å². The summed E-state index contributed by atoms with van der Waals surface area (Å²) in [5.74, 6) is 0.144. The van der Waals surface area contributed by atoms with E-state index in [1.807, 2.05) is 20.8 Å². The molecule has 0 amide bonds. The lowest BCUT2D eigenvalue weighted by Gasteiger charge is -2.09. The average Bonchev–Trinajstić information content (AvgIpc) is 2.32. The third kappa shape index (κ3) is 2.19. The molecule has 0 spiro atoms. The minimum absolute atomic E-state index is 0.0790. The van der Waals surface area contributed by atoms with Gasteiger partial charge in [-0.3, -0.25) is 4.79 Å². The minimum Gasteiger partial charge on any atom is -0.396 e. The highest BCUT2D eigenvalue weighted by Gasteiger charge is 2.09. The number of aliphatic hydroxyl groups is 1. The summed E-state index contributed by atoms with van der Waals surface area (Å²) >= 11 is 1.27. The Morgan fingerprint density at radius 1 is 1.54 bits per heavy atom. The third-order valence-electron chi connectivity index (χ3n) is 2.18. The average molecular weight is 201 g/mol. The third-order valence-corrected chi connectivity index (χ3v) is 3.18. The first-order valence-electron chi connectivity index (χ1n) is 4.34. The van der Waals surface area contributed by atoms with Crippen LogP contribution in [-0.4, -0.2) is 16.3 Å². The summed E-state index contributed by atoms with van der Waals surface area (Å²) < 4.78 is 1.74. The molecule has 1 unspecified atom stereocenters. The molecular weight excluding hydrogens is 186 g/mol. The van der Waals surface area contributed by atoms with Gasteiger partial charge in [-0.2, -0.15) is 0 Å². The molecule has 1 aromatic heterocycles. The van der Waals surface area contributed by atoms with Crippen LogP contribution < -0.4 is 4.87 Å². The molecular formula is C9H15NO2S. The van der Waals surface area contributed by atoms with Crippen LogP contribution >= 0.6 is 11.3 Å². The Kier molecular flexibility index (Phi) is 3.27. The molecule has 74 valence electrons. The molecule has 0 aliphatic heterocycles. The van der Waals surface area contributed by atoms with Gasteiger partial charge in [0.25, 0.3) is 0 Å². The van der Waals surface area contributed by atoms with Gasteiger partial charge in [0.1, 0.15) is 0 Å². The zero-order chi connectivity index (χ0) is 10.0. The van der Waals surface area contributed by atoms with Crippen LogP contribution in [0.5, 0.6) is 0 Å². The van der Waals surface area contributed by atoms with Crippen molar-refractivity contribution < 1.29 is 5.11 Å². The summed E-state index contributed by atoms with van der Waals surface area (Å²) in [7, 11) is 0. The second-order valence-electron chi connectivity index (χ2n) is 3.41. The van der Waals surface area contributed by atoms with Crippen LogP contribution in [0.25, 0.3) is 0 Å². The van der Waals surface area contributed by atoms with Crippen LogP contribution in [0.3, 0.4) is 0 Å². The van der Waals surface area contributed by atoms with Crippen molar-refractivity contribution in [3.63, 3.8) is 0 Å². The smallest absolute Gasteiger partial charge is 0.307 e. The van der Waals surface area contributed by atoms with Gasteiger partial charge >= 0.3 is 4.87 Å². The molecule has 0 radical (unpaired) electrons. The fourth-order valence-corrected chi connectivity index (χ4v) is 2.01. The Balaban J connectivity index is 2.94. The second kappa shape index (κ2) is 4.07. The standard InChI is InChI=1S/C9H15NO2S/c1-6(5-11)4-10-7(2)8(3)13-9(10)12/h6,11H,4-5H2,1-3H3. The number of rotatable bonds is 3. The van der Waals surface area contributed by atoms with Gasteiger partial charge in [0, 0.05) is 23.7 Å². The molecule has 1 heterocycles. The van der Waals surface area contributed by atoms with Gasteiger partial charge in [-0.05, 0) is 19.8 Å². The molecule has 1 atom stereocenters. The highest BCUT2D eigenvalue weighted by Crippen LogP contribution is 2.11. The monoisotopic (exact) mass is 201 g/mol. The number of hydrogen-bond acceptors (Lipinski definition) is 3. The molecule has 0 fully saturated rings. The van der Waals surface area contributed by atoms with Gasteiger partial charge < -0.3 is 9.67 Å². The lowest BCUT2D eigenvalue weighted by atomic mass is 10.2. The molecule has 0 saturated heterocycles. The van der Waals surface area contributed by atoms with Crippen molar-refractivity contribution in [2.45, 2.75) is 27.3 Å². The van der Waals surface area contributed by atoms with Crippen LogP contribution in [0, 0.1) is 19.8 Å². The van der Waals surface area contributed by atoms with Gasteiger partial charge in [0.2, 0.25) is 0 Å². The molecule has 1 N–H and O–H groups in total. The number of nitrogens with zero attached hydrogens (tertiary/aromatic N) is 1. The van der Waals surface area contributed by atoms with E-state index in [-0.39, 0.29) is 17.4 Å². The summed E-state index contributed by atoms with van der Waals surface area (Å²) in [5.41, 5.74) is 1.02. The Morgan fingerprint density at radius 3 is 2.54 bits per heavy atom. The Morgan fingerprint density at radius 2 is 2.15 bits per heavy atom. The van der Waals surface area contributed by atoms with Gasteiger partial charge in [0.05, 0.1) is 0 Å². The molecule has 0 aromatic carbocycles. The first kappa shape index (κ1) is 10.5. The molecule has 0 saturated carbocycles. The van der Waals surface area contributed by atoms with Crippen LogP contribution in [0.1, 0.15) is 17.5 Å². The number of aryl methyl sites for hydroxylation is 1. The molecule has 0 aliphatic rings. The lowest BCUT2D eigenvalue weighted by molar-refractivity contribution is 0.221. The van der Waals surface area contributed by atoms with Gasteiger partial charge in [-0.25, -0.2) is 0 Å². The minimum atomic E-state index is 0.0790. The Bertz CT molecular complexity index is 340. The fraction of sp³-hybridized carbons (Fsp3) is 0.667. The van der Waals surface area contributed by atoms with Crippen LogP contribution in [0.2, 0.25) is 0 Å². The van der Waals surface area contributed by atoms with E-state index in [1.165, 1.54) is 11.3 Å². The van der Waals surface area contributed by atoms with Gasteiger partial charge in [-0.1, -0.05) is 18.3 Å². The Hall–Kier alpha value is -0.610. The van der Waals surface area contributed by atoms with Crippen LogP contribution in [0.15, 0.2) is 4.79 Å². The van der Waals surface area contributed by atoms with E-state index in [9.17, 15) is 4.79 Å². The van der Waals surface area contributed by atoms with Crippen LogP contribution in [-0.2, 0) is 6.54 Å². The molecule has 3 nitrogen and oxygen atoms in total. The van der Waals surface area contributed by atoms with Gasteiger partial charge in [-0.15, -0.1) is 0 Å². The summed E-state index contributed by atoms with van der Waals surface area (Å²) in [5, 5.41) is 8.87. The van der Waals surface area contributed by atoms with Crippen molar-refractivity contribution in [1.29, 1.82) is 0 Å². The SMILES string of the molecule is Cc1sc(=O)n(CC(C)CO)c1C. The first-order valence-corrected chi connectivity index (χ1v) is 5.15. The zero-order valence-corrected chi connectivity index (χ0v) is 9.02. The molecule has 0 bridgehead atoms.